The van der Waals surface area contributed by atoms with Crippen LogP contribution in [0.5, 0.6) is 0 Å². The summed E-state index contributed by atoms with van der Waals surface area (Å²) in [6.45, 7) is 0. The monoisotopic (exact) mass is 226 g/mol. The Morgan fingerprint density at radius 1 is 1.47 bits per heavy atom. The number of nitriles is 1. The summed E-state index contributed by atoms with van der Waals surface area (Å²) in [6.07, 6.45) is 3.69. The van der Waals surface area contributed by atoms with Gasteiger partial charge in [0.1, 0.15) is 0 Å². The van der Waals surface area contributed by atoms with Crippen LogP contribution in [0, 0.1) is 11.3 Å². The van der Waals surface area contributed by atoms with E-state index in [0.717, 1.165) is 17.0 Å². The van der Waals surface area contributed by atoms with Crippen LogP contribution in [0.25, 0.3) is 11.0 Å². The van der Waals surface area contributed by atoms with Crippen molar-refractivity contribution in [3.8, 4) is 6.07 Å². The van der Waals surface area contributed by atoms with Gasteiger partial charge in [-0.3, -0.25) is 0 Å². The maximum Gasteiger partial charge on any atom is 0.203 e. The first-order valence-corrected chi connectivity index (χ1v) is 5.93. The van der Waals surface area contributed by atoms with Crippen LogP contribution in [-0.4, -0.2) is 16.6 Å². The number of rotatable bonds is 2. The second-order valence-electron chi connectivity index (χ2n) is 4.46. The molecular formula is C13H14N4. The van der Waals surface area contributed by atoms with Crippen molar-refractivity contribution >= 4 is 17.0 Å². The quantitative estimate of drug-likeness (QED) is 0.856. The molecule has 4 nitrogen and oxygen atoms in total. The summed E-state index contributed by atoms with van der Waals surface area (Å²) < 4.78 is 2.24. The molecule has 1 N–H and O–H groups in total. The molecule has 1 heterocycles. The van der Waals surface area contributed by atoms with E-state index < -0.39 is 0 Å². The molecule has 1 aliphatic carbocycles. The molecule has 0 aliphatic heterocycles. The van der Waals surface area contributed by atoms with E-state index in [4.69, 9.17) is 5.26 Å². The highest BCUT2D eigenvalue weighted by atomic mass is 15.2. The zero-order chi connectivity index (χ0) is 11.8. The fourth-order valence-electron chi connectivity index (χ4n) is 2.35. The Hall–Kier alpha value is -2.02. The normalized spacial score (nSPS) is 15.5. The molecule has 0 spiro atoms. The van der Waals surface area contributed by atoms with Gasteiger partial charge >= 0.3 is 0 Å². The van der Waals surface area contributed by atoms with E-state index in [1.807, 2.05) is 25.2 Å². The summed E-state index contributed by atoms with van der Waals surface area (Å²) in [5, 5.41) is 12.1. The summed E-state index contributed by atoms with van der Waals surface area (Å²) in [7, 11) is 1.89. The highest BCUT2D eigenvalue weighted by Crippen LogP contribution is 2.37. The third kappa shape index (κ3) is 1.47. The van der Waals surface area contributed by atoms with Crippen LogP contribution in [0.15, 0.2) is 18.2 Å². The van der Waals surface area contributed by atoms with Gasteiger partial charge in [-0.25, -0.2) is 4.98 Å². The van der Waals surface area contributed by atoms with E-state index in [1.165, 1.54) is 19.3 Å². The van der Waals surface area contributed by atoms with Crippen molar-refractivity contribution in [3.63, 3.8) is 0 Å². The number of aromatic nitrogens is 2. The van der Waals surface area contributed by atoms with Crippen molar-refractivity contribution < 1.29 is 0 Å². The van der Waals surface area contributed by atoms with Gasteiger partial charge in [0.25, 0.3) is 0 Å². The molecule has 2 aromatic rings. The second-order valence-corrected chi connectivity index (χ2v) is 4.46. The number of imidazole rings is 1. The first-order chi connectivity index (χ1) is 8.33. The number of nitrogens with zero attached hydrogens (tertiary/aromatic N) is 3. The van der Waals surface area contributed by atoms with Crippen molar-refractivity contribution in [1.82, 2.24) is 9.55 Å². The Kier molecular flexibility index (Phi) is 2.25. The average molecular weight is 226 g/mol. The van der Waals surface area contributed by atoms with E-state index >= 15 is 0 Å². The lowest BCUT2D eigenvalue weighted by Gasteiger charge is -2.28. The molecule has 1 aromatic heterocycles. The number of fused-ring (bicyclic) bond motifs is 1. The minimum atomic E-state index is 0.538. The average Bonchev–Trinajstić information content (AvgIpc) is 2.65. The van der Waals surface area contributed by atoms with Crippen LogP contribution in [0.4, 0.5) is 5.95 Å². The molecule has 0 amide bonds. The first kappa shape index (κ1) is 10.2. The number of hydrogen-bond acceptors (Lipinski definition) is 3. The van der Waals surface area contributed by atoms with Crippen LogP contribution in [-0.2, 0) is 0 Å². The standard InChI is InChI=1S/C13H14N4/c1-15-13-16-11-6-5-9(8-14)7-12(11)17(13)10-3-2-4-10/h5-7,10H,2-4H2,1H3,(H,15,16). The molecule has 0 unspecified atom stereocenters. The predicted molar refractivity (Wildman–Crippen MR) is 66.9 cm³/mol. The number of anilines is 1. The topological polar surface area (TPSA) is 53.6 Å². The van der Waals surface area contributed by atoms with Crippen molar-refractivity contribution in [3.05, 3.63) is 23.8 Å². The molecule has 86 valence electrons. The van der Waals surface area contributed by atoms with Gasteiger partial charge in [0.15, 0.2) is 0 Å². The fraction of sp³-hybridized carbons (Fsp3) is 0.385. The SMILES string of the molecule is CNc1nc2ccc(C#N)cc2n1C1CCC1. The van der Waals surface area contributed by atoms with Gasteiger partial charge in [-0.15, -0.1) is 0 Å². The molecule has 4 heteroatoms. The van der Waals surface area contributed by atoms with Crippen LogP contribution < -0.4 is 5.32 Å². The minimum Gasteiger partial charge on any atom is -0.359 e. The molecule has 17 heavy (non-hydrogen) atoms. The Morgan fingerprint density at radius 2 is 2.29 bits per heavy atom. The van der Waals surface area contributed by atoms with E-state index in [2.05, 4.69) is 20.9 Å². The third-order valence-electron chi connectivity index (χ3n) is 3.48. The molecule has 3 rings (SSSR count). The van der Waals surface area contributed by atoms with Gasteiger partial charge < -0.3 is 9.88 Å². The zero-order valence-electron chi connectivity index (χ0n) is 9.77. The zero-order valence-corrected chi connectivity index (χ0v) is 9.77. The Bertz CT molecular complexity index is 602. The van der Waals surface area contributed by atoms with Crippen LogP contribution in [0.2, 0.25) is 0 Å². The highest BCUT2D eigenvalue weighted by Gasteiger charge is 2.24. The predicted octanol–water partition coefficient (Wildman–Crippen LogP) is 2.67. The van der Waals surface area contributed by atoms with E-state index in [0.29, 0.717) is 11.6 Å². The Labute approximate surface area is 99.9 Å². The lowest BCUT2D eigenvalue weighted by Crippen LogP contribution is -2.18. The molecule has 1 aliphatic rings. The van der Waals surface area contributed by atoms with Gasteiger partial charge in [-0.1, -0.05) is 0 Å². The summed E-state index contributed by atoms with van der Waals surface area (Å²) in [5.74, 6) is 0.903. The smallest absolute Gasteiger partial charge is 0.203 e. The third-order valence-corrected chi connectivity index (χ3v) is 3.48. The van der Waals surface area contributed by atoms with Crippen LogP contribution >= 0.6 is 0 Å². The summed E-state index contributed by atoms with van der Waals surface area (Å²) >= 11 is 0. The maximum atomic E-state index is 8.97. The molecule has 0 radical (unpaired) electrons. The second kappa shape index (κ2) is 3.77. The van der Waals surface area contributed by atoms with E-state index in [1.54, 1.807) is 0 Å². The van der Waals surface area contributed by atoms with Gasteiger partial charge in [-0.2, -0.15) is 5.26 Å². The lowest BCUT2D eigenvalue weighted by atomic mass is 9.92. The molecular weight excluding hydrogens is 212 g/mol. The number of benzene rings is 1. The first-order valence-electron chi connectivity index (χ1n) is 5.93. The maximum absolute atomic E-state index is 8.97. The van der Waals surface area contributed by atoms with Gasteiger partial charge in [0, 0.05) is 13.1 Å². The summed E-state index contributed by atoms with van der Waals surface area (Å²) in [5.41, 5.74) is 2.72. The van der Waals surface area contributed by atoms with Crippen molar-refractivity contribution in [2.75, 3.05) is 12.4 Å². The summed E-state index contributed by atoms with van der Waals surface area (Å²) in [4.78, 5) is 4.55. The Morgan fingerprint density at radius 3 is 2.88 bits per heavy atom. The van der Waals surface area contributed by atoms with Crippen molar-refractivity contribution in [1.29, 1.82) is 5.26 Å². The molecule has 0 saturated heterocycles. The lowest BCUT2D eigenvalue weighted by molar-refractivity contribution is 0.323. The molecule has 1 fully saturated rings. The molecule has 0 atom stereocenters. The Balaban J connectivity index is 2.24. The molecule has 1 aromatic carbocycles. The molecule has 1 saturated carbocycles. The largest absolute Gasteiger partial charge is 0.359 e. The van der Waals surface area contributed by atoms with Gasteiger partial charge in [0.05, 0.1) is 22.7 Å². The van der Waals surface area contributed by atoms with Crippen molar-refractivity contribution in [2.45, 2.75) is 25.3 Å². The highest BCUT2D eigenvalue weighted by molar-refractivity contribution is 5.80. The van der Waals surface area contributed by atoms with E-state index in [9.17, 15) is 0 Å². The fourth-order valence-corrected chi connectivity index (χ4v) is 2.35. The molecule has 0 bridgehead atoms. The summed E-state index contributed by atoms with van der Waals surface area (Å²) in [6, 6.07) is 8.40. The minimum absolute atomic E-state index is 0.538. The van der Waals surface area contributed by atoms with Crippen LogP contribution in [0.1, 0.15) is 30.9 Å². The van der Waals surface area contributed by atoms with Crippen molar-refractivity contribution in [2.24, 2.45) is 0 Å². The van der Waals surface area contributed by atoms with Gasteiger partial charge in [-0.05, 0) is 37.5 Å². The van der Waals surface area contributed by atoms with Crippen LogP contribution in [0.3, 0.4) is 0 Å². The van der Waals surface area contributed by atoms with E-state index in [-0.39, 0.29) is 0 Å². The number of hydrogen-bond donors (Lipinski definition) is 1. The van der Waals surface area contributed by atoms with Gasteiger partial charge in [0.2, 0.25) is 5.95 Å². The number of nitrogens with one attached hydrogen (secondary N) is 1.